The van der Waals surface area contributed by atoms with Gasteiger partial charge in [0.25, 0.3) is 5.91 Å². The molecule has 0 spiro atoms. The van der Waals surface area contributed by atoms with Crippen molar-refractivity contribution in [3.8, 4) is 0 Å². The van der Waals surface area contributed by atoms with Gasteiger partial charge in [0.05, 0.1) is 6.42 Å². The molecule has 1 heterocycles. The van der Waals surface area contributed by atoms with Gasteiger partial charge in [-0.2, -0.15) is 0 Å². The molecule has 1 amide bonds. The number of amides is 1. The molecule has 3 N–H and O–H groups in total. The van der Waals surface area contributed by atoms with Crippen LogP contribution in [0.25, 0.3) is 0 Å². The molecule has 7 nitrogen and oxygen atoms in total. The minimum absolute atomic E-state index is 0.0384. The van der Waals surface area contributed by atoms with E-state index in [1.54, 1.807) is 6.07 Å². The van der Waals surface area contributed by atoms with Crippen molar-refractivity contribution < 1.29 is 29.0 Å². The molecule has 7 heteroatoms. The first-order chi connectivity index (χ1) is 8.43. The summed E-state index contributed by atoms with van der Waals surface area (Å²) in [5.41, 5.74) is 0. The number of carboxylic acid groups (broad SMARTS) is 2. The summed E-state index contributed by atoms with van der Waals surface area (Å²) in [6, 6.07) is 1.53. The third-order valence-corrected chi connectivity index (χ3v) is 2.22. The van der Waals surface area contributed by atoms with Crippen LogP contribution in [0.2, 0.25) is 0 Å². The van der Waals surface area contributed by atoms with Gasteiger partial charge in [-0.15, -0.1) is 0 Å². The predicted molar refractivity (Wildman–Crippen MR) is 59.2 cm³/mol. The zero-order chi connectivity index (χ0) is 13.7. The van der Waals surface area contributed by atoms with Crippen LogP contribution in [-0.2, 0) is 16.0 Å². The second-order valence-electron chi connectivity index (χ2n) is 3.58. The van der Waals surface area contributed by atoms with Crippen LogP contribution in [0.3, 0.4) is 0 Å². The Kier molecular flexibility index (Phi) is 4.47. The average molecular weight is 255 g/mol. The minimum Gasteiger partial charge on any atom is -0.481 e. The molecule has 0 aromatic carbocycles. The smallest absolute Gasteiger partial charge is 0.326 e. The Labute approximate surface area is 102 Å². The second-order valence-corrected chi connectivity index (χ2v) is 3.58. The molecule has 0 aliphatic rings. The maximum absolute atomic E-state index is 11.6. The SMILES string of the molecule is CCc1ccc(C(=O)NC(CC(=O)O)C(=O)O)o1. The number of carbonyl (C=O) groups is 3. The minimum atomic E-state index is -1.48. The molecule has 0 saturated carbocycles. The van der Waals surface area contributed by atoms with Gasteiger partial charge in [0.2, 0.25) is 0 Å². The van der Waals surface area contributed by atoms with Crippen molar-refractivity contribution in [1.82, 2.24) is 5.32 Å². The first kappa shape index (κ1) is 13.8. The number of aliphatic carboxylic acids is 2. The number of carbonyl (C=O) groups excluding carboxylic acids is 1. The van der Waals surface area contributed by atoms with E-state index in [0.717, 1.165) is 0 Å². The van der Waals surface area contributed by atoms with Crippen LogP contribution in [0.15, 0.2) is 16.5 Å². The fourth-order valence-electron chi connectivity index (χ4n) is 1.29. The van der Waals surface area contributed by atoms with Gasteiger partial charge >= 0.3 is 11.9 Å². The van der Waals surface area contributed by atoms with Crippen molar-refractivity contribution in [3.05, 3.63) is 23.7 Å². The fraction of sp³-hybridized carbons (Fsp3) is 0.364. The maximum Gasteiger partial charge on any atom is 0.326 e. The predicted octanol–water partition coefficient (Wildman–Crippen LogP) is 0.500. The third kappa shape index (κ3) is 3.62. The van der Waals surface area contributed by atoms with E-state index >= 15 is 0 Å². The van der Waals surface area contributed by atoms with Gasteiger partial charge in [-0.05, 0) is 12.1 Å². The summed E-state index contributed by atoms with van der Waals surface area (Å²) in [4.78, 5) is 32.8. The number of nitrogens with one attached hydrogen (secondary N) is 1. The van der Waals surface area contributed by atoms with Crippen LogP contribution in [0.5, 0.6) is 0 Å². The lowest BCUT2D eigenvalue weighted by Gasteiger charge is -2.10. The Hall–Kier alpha value is -2.31. The van der Waals surface area contributed by atoms with E-state index in [4.69, 9.17) is 14.6 Å². The van der Waals surface area contributed by atoms with E-state index in [9.17, 15) is 14.4 Å². The number of furan rings is 1. The largest absolute Gasteiger partial charge is 0.481 e. The summed E-state index contributed by atoms with van der Waals surface area (Å²) in [6.07, 6.45) is -0.0901. The normalized spacial score (nSPS) is 11.8. The van der Waals surface area contributed by atoms with E-state index in [-0.39, 0.29) is 5.76 Å². The molecule has 0 fully saturated rings. The van der Waals surface area contributed by atoms with E-state index in [1.165, 1.54) is 6.07 Å². The highest BCUT2D eigenvalue weighted by atomic mass is 16.4. The van der Waals surface area contributed by atoms with Gasteiger partial charge in [-0.25, -0.2) is 4.79 Å². The van der Waals surface area contributed by atoms with E-state index in [2.05, 4.69) is 5.32 Å². The van der Waals surface area contributed by atoms with Gasteiger partial charge in [0.1, 0.15) is 11.8 Å². The zero-order valence-electron chi connectivity index (χ0n) is 9.67. The Bertz CT molecular complexity index is 464. The van der Waals surface area contributed by atoms with E-state index in [0.29, 0.717) is 12.2 Å². The van der Waals surface area contributed by atoms with Crippen LogP contribution in [0.1, 0.15) is 29.7 Å². The fourth-order valence-corrected chi connectivity index (χ4v) is 1.29. The lowest BCUT2D eigenvalue weighted by Crippen LogP contribution is -2.42. The van der Waals surface area contributed by atoms with Gasteiger partial charge in [-0.3, -0.25) is 9.59 Å². The Morgan fingerprint density at radius 2 is 2.00 bits per heavy atom. The molecule has 0 bridgehead atoms. The number of rotatable bonds is 6. The Morgan fingerprint density at radius 3 is 2.44 bits per heavy atom. The molecular formula is C11H13NO6. The van der Waals surface area contributed by atoms with Crippen LogP contribution in [0.4, 0.5) is 0 Å². The number of hydrogen-bond donors (Lipinski definition) is 3. The summed E-state index contributed by atoms with van der Waals surface area (Å²) in [5, 5.41) is 19.4. The summed E-state index contributed by atoms with van der Waals surface area (Å²) in [7, 11) is 0. The monoisotopic (exact) mass is 255 g/mol. The highest BCUT2D eigenvalue weighted by Gasteiger charge is 2.24. The topological polar surface area (TPSA) is 117 Å². The molecule has 18 heavy (non-hydrogen) atoms. The van der Waals surface area contributed by atoms with Crippen LogP contribution in [0, 0.1) is 0 Å². The Balaban J connectivity index is 2.71. The second kappa shape index (κ2) is 5.85. The van der Waals surface area contributed by atoms with Crippen molar-refractivity contribution in [1.29, 1.82) is 0 Å². The molecule has 0 aliphatic carbocycles. The first-order valence-corrected chi connectivity index (χ1v) is 5.28. The van der Waals surface area contributed by atoms with Crippen molar-refractivity contribution in [2.75, 3.05) is 0 Å². The number of carboxylic acids is 2. The third-order valence-electron chi connectivity index (χ3n) is 2.22. The van der Waals surface area contributed by atoms with E-state index < -0.39 is 30.3 Å². The number of hydrogen-bond acceptors (Lipinski definition) is 4. The highest BCUT2D eigenvalue weighted by Crippen LogP contribution is 2.08. The molecule has 0 aliphatic heterocycles. The maximum atomic E-state index is 11.6. The summed E-state index contributed by atoms with van der Waals surface area (Å²) < 4.78 is 5.13. The zero-order valence-corrected chi connectivity index (χ0v) is 9.67. The van der Waals surface area contributed by atoms with Crippen molar-refractivity contribution in [2.45, 2.75) is 25.8 Å². The molecule has 0 radical (unpaired) electrons. The van der Waals surface area contributed by atoms with Gasteiger partial charge in [0, 0.05) is 6.42 Å². The van der Waals surface area contributed by atoms with Crippen LogP contribution < -0.4 is 5.32 Å². The summed E-state index contributed by atoms with van der Waals surface area (Å²) in [5.74, 6) is -2.92. The molecule has 1 unspecified atom stereocenters. The molecule has 98 valence electrons. The van der Waals surface area contributed by atoms with Gasteiger partial charge in [0.15, 0.2) is 5.76 Å². The summed E-state index contributed by atoms with van der Waals surface area (Å²) in [6.45, 7) is 1.84. The molecule has 1 aromatic rings. The van der Waals surface area contributed by atoms with Crippen LogP contribution >= 0.6 is 0 Å². The summed E-state index contributed by atoms with van der Waals surface area (Å²) >= 11 is 0. The van der Waals surface area contributed by atoms with Gasteiger partial charge < -0.3 is 19.9 Å². The standard InChI is InChI=1S/C11H13NO6/c1-2-6-3-4-8(18-6)10(15)12-7(11(16)17)5-9(13)14/h3-4,7H,2,5H2,1H3,(H,12,15)(H,13,14)(H,16,17). The molecule has 0 saturated heterocycles. The number of aryl methyl sites for hydroxylation is 1. The van der Waals surface area contributed by atoms with E-state index in [1.807, 2.05) is 6.92 Å². The molecule has 1 aromatic heterocycles. The highest BCUT2D eigenvalue weighted by molar-refractivity contribution is 5.95. The van der Waals surface area contributed by atoms with Crippen molar-refractivity contribution >= 4 is 17.8 Å². The molecule has 1 rings (SSSR count). The molecule has 1 atom stereocenters. The molecular weight excluding hydrogens is 242 g/mol. The lowest BCUT2D eigenvalue weighted by molar-refractivity contribution is -0.145. The lowest BCUT2D eigenvalue weighted by atomic mass is 10.2. The average Bonchev–Trinajstić information content (AvgIpc) is 2.75. The van der Waals surface area contributed by atoms with Crippen LogP contribution in [-0.4, -0.2) is 34.1 Å². The Morgan fingerprint density at radius 1 is 1.33 bits per heavy atom. The van der Waals surface area contributed by atoms with Crippen molar-refractivity contribution in [3.63, 3.8) is 0 Å². The van der Waals surface area contributed by atoms with Crippen molar-refractivity contribution in [2.24, 2.45) is 0 Å². The van der Waals surface area contributed by atoms with Gasteiger partial charge in [-0.1, -0.05) is 6.92 Å². The quantitative estimate of drug-likeness (QED) is 0.681. The first-order valence-electron chi connectivity index (χ1n) is 5.28.